The van der Waals surface area contributed by atoms with Gasteiger partial charge in [0, 0.05) is 6.54 Å². The molecule has 4 N–H and O–H groups in total. The van der Waals surface area contributed by atoms with Gasteiger partial charge in [-0.05, 0) is 6.42 Å². The third kappa shape index (κ3) is 2.97. The third-order valence-corrected chi connectivity index (χ3v) is 2.66. The number of imidazole rings is 1. The number of carbonyl (C=O) groups excluding carboxylic acids is 1. The van der Waals surface area contributed by atoms with E-state index in [9.17, 15) is 4.79 Å². The first-order valence-electron chi connectivity index (χ1n) is 6.15. The van der Waals surface area contributed by atoms with Crippen molar-refractivity contribution in [2.24, 2.45) is 0 Å². The zero-order valence-electron chi connectivity index (χ0n) is 10.6. The summed E-state index contributed by atoms with van der Waals surface area (Å²) in [5, 5.41) is 11.7. The maximum atomic E-state index is 11.9. The van der Waals surface area contributed by atoms with Gasteiger partial charge >= 0.3 is 0 Å². The van der Waals surface area contributed by atoms with Gasteiger partial charge in [-0.25, -0.2) is 15.0 Å². The van der Waals surface area contributed by atoms with Gasteiger partial charge in [-0.1, -0.05) is 19.8 Å². The first-order valence-corrected chi connectivity index (χ1v) is 6.15. The van der Waals surface area contributed by atoms with Crippen molar-refractivity contribution in [1.82, 2.24) is 25.3 Å². The summed E-state index contributed by atoms with van der Waals surface area (Å²) < 4.78 is 0. The summed E-state index contributed by atoms with van der Waals surface area (Å²) in [4.78, 5) is 26.5. The highest BCUT2D eigenvalue weighted by atomic mass is 16.5. The van der Waals surface area contributed by atoms with Crippen LogP contribution >= 0.6 is 0 Å². The fraction of sp³-hybridized carbons (Fsp3) is 0.455. The van der Waals surface area contributed by atoms with Gasteiger partial charge in [0.2, 0.25) is 5.82 Å². The van der Waals surface area contributed by atoms with Gasteiger partial charge in [-0.15, -0.1) is 0 Å². The summed E-state index contributed by atoms with van der Waals surface area (Å²) in [5.74, 6) is -0.272. The van der Waals surface area contributed by atoms with Crippen molar-refractivity contribution in [3.63, 3.8) is 0 Å². The number of amides is 1. The summed E-state index contributed by atoms with van der Waals surface area (Å²) in [5.41, 5.74) is 2.70. The molecule has 0 aliphatic heterocycles. The van der Waals surface area contributed by atoms with Gasteiger partial charge in [-0.3, -0.25) is 15.5 Å². The molecule has 1 amide bonds. The maximum absolute atomic E-state index is 11.9. The summed E-state index contributed by atoms with van der Waals surface area (Å²) in [6, 6.07) is 0. The van der Waals surface area contributed by atoms with Crippen LogP contribution in [-0.2, 0) is 0 Å². The topological polar surface area (TPSA) is 116 Å². The third-order valence-electron chi connectivity index (χ3n) is 2.66. The molecule has 102 valence electrons. The highest BCUT2D eigenvalue weighted by Gasteiger charge is 2.14. The highest BCUT2D eigenvalue weighted by molar-refractivity contribution is 5.94. The first kappa shape index (κ1) is 13.2. The molecule has 8 nitrogen and oxygen atoms in total. The van der Waals surface area contributed by atoms with E-state index in [1.54, 1.807) is 0 Å². The SMILES string of the molecule is CCCCCNC(=O)c1nc(NO)c2[nH]cnc2n1. The van der Waals surface area contributed by atoms with Crippen LogP contribution in [0.3, 0.4) is 0 Å². The van der Waals surface area contributed by atoms with E-state index in [0.717, 1.165) is 19.3 Å². The van der Waals surface area contributed by atoms with E-state index >= 15 is 0 Å². The minimum Gasteiger partial charge on any atom is -0.349 e. The first-order chi connectivity index (χ1) is 9.26. The number of H-pyrrole nitrogens is 1. The van der Waals surface area contributed by atoms with Gasteiger partial charge in [0.1, 0.15) is 5.52 Å². The van der Waals surface area contributed by atoms with E-state index in [4.69, 9.17) is 5.21 Å². The molecule has 0 aliphatic rings. The van der Waals surface area contributed by atoms with Crippen LogP contribution in [0.5, 0.6) is 0 Å². The lowest BCUT2D eigenvalue weighted by molar-refractivity contribution is 0.0943. The van der Waals surface area contributed by atoms with Crippen molar-refractivity contribution < 1.29 is 10.0 Å². The molecule has 2 aromatic rings. The second-order valence-electron chi connectivity index (χ2n) is 4.07. The predicted molar refractivity (Wildman–Crippen MR) is 69.0 cm³/mol. The number of aromatic amines is 1. The van der Waals surface area contributed by atoms with Crippen molar-refractivity contribution in [3.05, 3.63) is 12.2 Å². The van der Waals surface area contributed by atoms with Crippen LogP contribution in [0.15, 0.2) is 6.33 Å². The van der Waals surface area contributed by atoms with E-state index in [1.807, 2.05) is 5.48 Å². The van der Waals surface area contributed by atoms with Crippen LogP contribution in [-0.4, -0.2) is 37.6 Å². The zero-order valence-corrected chi connectivity index (χ0v) is 10.6. The molecular weight excluding hydrogens is 248 g/mol. The van der Waals surface area contributed by atoms with Gasteiger partial charge in [-0.2, -0.15) is 0 Å². The monoisotopic (exact) mass is 264 g/mol. The molecule has 0 unspecified atom stereocenters. The number of rotatable bonds is 6. The molecule has 19 heavy (non-hydrogen) atoms. The quantitative estimate of drug-likeness (QED) is 0.458. The Bertz CT molecular complexity index is 567. The van der Waals surface area contributed by atoms with Crippen molar-refractivity contribution in [2.45, 2.75) is 26.2 Å². The smallest absolute Gasteiger partial charge is 0.289 e. The van der Waals surface area contributed by atoms with Crippen molar-refractivity contribution >= 4 is 22.9 Å². The molecular formula is C11H16N6O2. The fourth-order valence-electron chi connectivity index (χ4n) is 1.67. The largest absolute Gasteiger partial charge is 0.349 e. The molecule has 0 saturated carbocycles. The molecule has 0 saturated heterocycles. The lowest BCUT2D eigenvalue weighted by Gasteiger charge is -2.05. The molecule has 0 radical (unpaired) electrons. The van der Waals surface area contributed by atoms with E-state index in [2.05, 4.69) is 32.2 Å². The molecule has 0 aromatic carbocycles. The summed E-state index contributed by atoms with van der Waals surface area (Å²) in [7, 11) is 0. The Morgan fingerprint density at radius 3 is 3.00 bits per heavy atom. The zero-order chi connectivity index (χ0) is 13.7. The standard InChI is InChI=1S/C11H16N6O2/c1-2-3-4-5-12-11(18)10-15-8-7(13-6-14-8)9(16-10)17-19/h6,19H,2-5H2,1H3,(H,12,18)(H2,13,14,15,16,17). The summed E-state index contributed by atoms with van der Waals surface area (Å²) >= 11 is 0. The Labute approximate surface area is 109 Å². The number of anilines is 1. The second-order valence-corrected chi connectivity index (χ2v) is 4.07. The van der Waals surface area contributed by atoms with Crippen LogP contribution < -0.4 is 10.8 Å². The number of fused-ring (bicyclic) bond motifs is 1. The molecule has 0 spiro atoms. The van der Waals surface area contributed by atoms with Crippen LogP contribution in [0.2, 0.25) is 0 Å². The predicted octanol–water partition coefficient (Wildman–Crippen LogP) is 1.07. The van der Waals surface area contributed by atoms with Crippen LogP contribution in [0.25, 0.3) is 11.2 Å². The maximum Gasteiger partial charge on any atom is 0.289 e. The molecule has 0 fully saturated rings. The summed E-state index contributed by atoms with van der Waals surface area (Å²) in [6.07, 6.45) is 4.48. The van der Waals surface area contributed by atoms with Crippen molar-refractivity contribution in [3.8, 4) is 0 Å². The Kier molecular flexibility index (Phi) is 4.24. The van der Waals surface area contributed by atoms with Crippen LogP contribution in [0.4, 0.5) is 5.82 Å². The molecule has 2 heterocycles. The van der Waals surface area contributed by atoms with Crippen molar-refractivity contribution in [1.29, 1.82) is 0 Å². The lowest BCUT2D eigenvalue weighted by Crippen LogP contribution is -2.26. The average molecular weight is 264 g/mol. The van der Waals surface area contributed by atoms with E-state index in [-0.39, 0.29) is 17.5 Å². The Morgan fingerprint density at radius 1 is 1.42 bits per heavy atom. The number of nitrogens with zero attached hydrogens (tertiary/aromatic N) is 3. The van der Waals surface area contributed by atoms with E-state index < -0.39 is 0 Å². The van der Waals surface area contributed by atoms with Crippen LogP contribution in [0.1, 0.15) is 36.8 Å². The van der Waals surface area contributed by atoms with E-state index in [0.29, 0.717) is 17.7 Å². The Hall–Kier alpha value is -2.22. The molecule has 0 bridgehead atoms. The Morgan fingerprint density at radius 2 is 2.26 bits per heavy atom. The normalized spacial score (nSPS) is 10.6. The van der Waals surface area contributed by atoms with Gasteiger partial charge in [0.15, 0.2) is 11.5 Å². The van der Waals surface area contributed by atoms with E-state index in [1.165, 1.54) is 6.33 Å². The van der Waals surface area contributed by atoms with Crippen molar-refractivity contribution in [2.75, 3.05) is 12.0 Å². The number of hydrogen-bond donors (Lipinski definition) is 4. The number of nitrogens with one attached hydrogen (secondary N) is 3. The number of unbranched alkanes of at least 4 members (excludes halogenated alkanes) is 2. The fourth-order valence-corrected chi connectivity index (χ4v) is 1.67. The second kappa shape index (κ2) is 6.10. The molecule has 8 heteroatoms. The summed E-state index contributed by atoms with van der Waals surface area (Å²) in [6.45, 7) is 2.67. The molecule has 2 rings (SSSR count). The highest BCUT2D eigenvalue weighted by Crippen LogP contribution is 2.15. The minimum atomic E-state index is -0.377. The van der Waals surface area contributed by atoms with Gasteiger partial charge in [0.05, 0.1) is 6.33 Å². The number of aromatic nitrogens is 4. The Balaban J connectivity index is 2.13. The van der Waals surface area contributed by atoms with Gasteiger partial charge < -0.3 is 10.3 Å². The molecule has 0 aliphatic carbocycles. The number of carbonyl (C=O) groups is 1. The lowest BCUT2D eigenvalue weighted by atomic mass is 10.2. The van der Waals surface area contributed by atoms with Gasteiger partial charge in [0.25, 0.3) is 5.91 Å². The molecule has 2 aromatic heterocycles. The minimum absolute atomic E-state index is 0.0207. The van der Waals surface area contributed by atoms with Crippen LogP contribution in [0, 0.1) is 0 Å². The number of hydrogen-bond acceptors (Lipinski definition) is 6. The average Bonchev–Trinajstić information content (AvgIpc) is 2.90. The molecule has 0 atom stereocenters.